The van der Waals surface area contributed by atoms with Crippen molar-refractivity contribution >= 4 is 16.8 Å². The first-order valence-corrected chi connectivity index (χ1v) is 9.18. The van der Waals surface area contributed by atoms with Gasteiger partial charge in [-0.05, 0) is 25.5 Å². The van der Waals surface area contributed by atoms with Crippen molar-refractivity contribution in [1.82, 2.24) is 25.2 Å². The molecule has 0 bridgehead atoms. The highest BCUT2D eigenvalue weighted by Crippen LogP contribution is 2.26. The van der Waals surface area contributed by atoms with Crippen LogP contribution in [0.5, 0.6) is 0 Å². The van der Waals surface area contributed by atoms with Crippen LogP contribution < -0.4 is 5.32 Å². The minimum Gasteiger partial charge on any atom is -0.359 e. The number of aromatic nitrogens is 4. The number of hydrogen-bond acceptors (Lipinski definition) is 5. The van der Waals surface area contributed by atoms with E-state index in [9.17, 15) is 4.79 Å². The Hall–Kier alpha value is -3.48. The first kappa shape index (κ1) is 17.9. The van der Waals surface area contributed by atoms with E-state index in [0.717, 1.165) is 40.0 Å². The smallest absolute Gasteiger partial charge is 0.252 e. The lowest BCUT2D eigenvalue weighted by Crippen LogP contribution is -2.23. The van der Waals surface area contributed by atoms with Gasteiger partial charge in [0.1, 0.15) is 0 Å². The quantitative estimate of drug-likeness (QED) is 0.578. The molecule has 0 unspecified atom stereocenters. The predicted molar refractivity (Wildman–Crippen MR) is 106 cm³/mol. The molecule has 0 radical (unpaired) electrons. The molecule has 7 heteroatoms. The van der Waals surface area contributed by atoms with Gasteiger partial charge in [-0.15, -0.1) is 0 Å². The predicted octanol–water partition coefficient (Wildman–Crippen LogP) is 3.42. The van der Waals surface area contributed by atoms with Crippen molar-refractivity contribution < 1.29 is 9.32 Å². The van der Waals surface area contributed by atoms with E-state index < -0.39 is 0 Å². The molecule has 0 aliphatic heterocycles. The minimum absolute atomic E-state index is 0.184. The third-order valence-electron chi connectivity index (χ3n) is 4.64. The molecule has 0 atom stereocenters. The maximum absolute atomic E-state index is 13.0. The summed E-state index contributed by atoms with van der Waals surface area (Å²) in [4.78, 5) is 17.7. The van der Waals surface area contributed by atoms with Gasteiger partial charge in [0.25, 0.3) is 5.91 Å². The van der Waals surface area contributed by atoms with Crippen molar-refractivity contribution in [3.8, 4) is 11.3 Å². The summed E-state index contributed by atoms with van der Waals surface area (Å²) in [6, 6.07) is 11.3. The number of carbonyl (C=O) groups is 1. The van der Waals surface area contributed by atoms with Gasteiger partial charge < -0.3 is 9.84 Å². The van der Waals surface area contributed by atoms with Crippen LogP contribution >= 0.6 is 0 Å². The fourth-order valence-electron chi connectivity index (χ4n) is 3.22. The van der Waals surface area contributed by atoms with E-state index in [4.69, 9.17) is 9.51 Å². The molecule has 1 aromatic carbocycles. The van der Waals surface area contributed by atoms with Gasteiger partial charge in [-0.3, -0.25) is 9.48 Å². The Morgan fingerprint density at radius 2 is 2.07 bits per heavy atom. The highest BCUT2D eigenvalue weighted by Gasteiger charge is 2.16. The lowest BCUT2D eigenvalue weighted by atomic mass is 10.0. The summed E-state index contributed by atoms with van der Waals surface area (Å²) < 4.78 is 7.00. The highest BCUT2D eigenvalue weighted by atomic mass is 16.5. The van der Waals surface area contributed by atoms with Crippen molar-refractivity contribution in [3.05, 3.63) is 65.3 Å². The topological polar surface area (TPSA) is 85.8 Å². The highest BCUT2D eigenvalue weighted by molar-refractivity contribution is 6.07. The number of benzene rings is 1. The SMILES string of the molecule is CCc1cc(CNC(=O)c2cc(-c3cn(C)nc3C)nc3ccccc23)on1. The minimum atomic E-state index is -0.184. The largest absolute Gasteiger partial charge is 0.359 e. The summed E-state index contributed by atoms with van der Waals surface area (Å²) in [6.07, 6.45) is 2.70. The van der Waals surface area contributed by atoms with Gasteiger partial charge in [-0.2, -0.15) is 5.10 Å². The summed E-state index contributed by atoms with van der Waals surface area (Å²) in [5.74, 6) is 0.447. The Morgan fingerprint density at radius 1 is 1.25 bits per heavy atom. The van der Waals surface area contributed by atoms with Crippen molar-refractivity contribution in [2.75, 3.05) is 0 Å². The zero-order valence-electron chi connectivity index (χ0n) is 16.1. The number of para-hydroxylation sites is 1. The van der Waals surface area contributed by atoms with Crippen LogP contribution in [0.3, 0.4) is 0 Å². The molecule has 0 saturated carbocycles. The number of nitrogens with zero attached hydrogens (tertiary/aromatic N) is 4. The van der Waals surface area contributed by atoms with Crippen molar-refractivity contribution in [2.24, 2.45) is 7.05 Å². The molecule has 0 spiro atoms. The number of amides is 1. The maximum atomic E-state index is 13.0. The summed E-state index contributed by atoms with van der Waals surface area (Å²) >= 11 is 0. The van der Waals surface area contributed by atoms with Crippen LogP contribution in [0.1, 0.15) is 34.4 Å². The average molecular weight is 375 g/mol. The van der Waals surface area contributed by atoms with Crippen LogP contribution in [-0.4, -0.2) is 25.8 Å². The molecule has 3 heterocycles. The fraction of sp³-hybridized carbons (Fsp3) is 0.238. The Labute approximate surface area is 162 Å². The first-order valence-electron chi connectivity index (χ1n) is 9.18. The van der Waals surface area contributed by atoms with Crippen LogP contribution in [0.15, 0.2) is 47.1 Å². The number of nitrogens with one attached hydrogen (secondary N) is 1. The number of fused-ring (bicyclic) bond motifs is 1. The second-order valence-electron chi connectivity index (χ2n) is 6.69. The molecule has 0 saturated heterocycles. The number of hydrogen-bond donors (Lipinski definition) is 1. The fourth-order valence-corrected chi connectivity index (χ4v) is 3.22. The van der Waals surface area contributed by atoms with E-state index in [1.807, 2.05) is 63.5 Å². The molecule has 3 aromatic heterocycles. The van der Waals surface area contributed by atoms with E-state index in [1.54, 1.807) is 4.68 Å². The lowest BCUT2D eigenvalue weighted by Gasteiger charge is -2.09. The number of carbonyl (C=O) groups excluding carboxylic acids is 1. The zero-order chi connectivity index (χ0) is 19.7. The Bertz CT molecular complexity index is 1160. The van der Waals surface area contributed by atoms with Crippen LogP contribution in [-0.2, 0) is 20.0 Å². The van der Waals surface area contributed by atoms with Gasteiger partial charge in [0.15, 0.2) is 5.76 Å². The first-order chi connectivity index (χ1) is 13.5. The molecule has 0 aliphatic rings. The van der Waals surface area contributed by atoms with E-state index in [-0.39, 0.29) is 12.5 Å². The number of rotatable bonds is 5. The van der Waals surface area contributed by atoms with Gasteiger partial charge in [0, 0.05) is 30.3 Å². The Balaban J connectivity index is 1.70. The lowest BCUT2D eigenvalue weighted by molar-refractivity contribution is 0.0948. The van der Waals surface area contributed by atoms with Gasteiger partial charge in [0.05, 0.1) is 34.7 Å². The van der Waals surface area contributed by atoms with E-state index in [1.165, 1.54) is 0 Å². The molecule has 0 aliphatic carbocycles. The van der Waals surface area contributed by atoms with Gasteiger partial charge in [0.2, 0.25) is 0 Å². The number of aryl methyl sites for hydroxylation is 3. The zero-order valence-corrected chi connectivity index (χ0v) is 16.1. The third-order valence-corrected chi connectivity index (χ3v) is 4.64. The molecule has 28 heavy (non-hydrogen) atoms. The molecule has 7 nitrogen and oxygen atoms in total. The van der Waals surface area contributed by atoms with Crippen LogP contribution in [0.4, 0.5) is 0 Å². The normalized spacial score (nSPS) is 11.1. The van der Waals surface area contributed by atoms with Crippen LogP contribution in [0, 0.1) is 6.92 Å². The van der Waals surface area contributed by atoms with Crippen LogP contribution in [0.2, 0.25) is 0 Å². The molecule has 1 amide bonds. The molecule has 142 valence electrons. The van der Waals surface area contributed by atoms with E-state index >= 15 is 0 Å². The van der Waals surface area contributed by atoms with Gasteiger partial charge >= 0.3 is 0 Å². The van der Waals surface area contributed by atoms with Gasteiger partial charge in [-0.1, -0.05) is 30.3 Å². The maximum Gasteiger partial charge on any atom is 0.252 e. The number of pyridine rings is 1. The Kier molecular flexibility index (Phi) is 4.65. The van der Waals surface area contributed by atoms with E-state index in [2.05, 4.69) is 15.6 Å². The second-order valence-corrected chi connectivity index (χ2v) is 6.69. The molecular formula is C21H21N5O2. The van der Waals surface area contributed by atoms with Crippen LogP contribution in [0.25, 0.3) is 22.2 Å². The summed E-state index contributed by atoms with van der Waals surface area (Å²) in [7, 11) is 1.87. The summed E-state index contributed by atoms with van der Waals surface area (Å²) in [5.41, 5.74) is 4.70. The second kappa shape index (κ2) is 7.26. The van der Waals surface area contributed by atoms with Gasteiger partial charge in [-0.25, -0.2) is 4.98 Å². The van der Waals surface area contributed by atoms with E-state index in [0.29, 0.717) is 11.3 Å². The molecule has 1 N–H and O–H groups in total. The molecular weight excluding hydrogens is 354 g/mol. The summed E-state index contributed by atoms with van der Waals surface area (Å²) in [5, 5.41) is 12.1. The third kappa shape index (κ3) is 3.38. The monoisotopic (exact) mass is 375 g/mol. The molecule has 4 rings (SSSR count). The average Bonchev–Trinajstić information content (AvgIpc) is 3.30. The van der Waals surface area contributed by atoms with Crippen molar-refractivity contribution in [2.45, 2.75) is 26.8 Å². The van der Waals surface area contributed by atoms with Crippen molar-refractivity contribution in [1.29, 1.82) is 0 Å². The molecule has 0 fully saturated rings. The van der Waals surface area contributed by atoms with Crippen molar-refractivity contribution in [3.63, 3.8) is 0 Å². The standard InChI is InChI=1S/C21H21N5O2/c1-4-14-9-15(28-25-14)11-22-21(27)17-10-20(18-12-26(3)24-13(18)2)23-19-8-6-5-7-16(17)19/h5-10,12H,4,11H2,1-3H3,(H,22,27). The molecule has 4 aromatic rings. The summed E-state index contributed by atoms with van der Waals surface area (Å²) in [6.45, 7) is 4.22. The Morgan fingerprint density at radius 3 is 2.79 bits per heavy atom.